The van der Waals surface area contributed by atoms with E-state index >= 15 is 0 Å². The van der Waals surface area contributed by atoms with Crippen LogP contribution in [0.3, 0.4) is 0 Å². The number of nitrogens with zero attached hydrogens (tertiary/aromatic N) is 2. The summed E-state index contributed by atoms with van der Waals surface area (Å²) in [5.41, 5.74) is 1.02. The van der Waals surface area contributed by atoms with Crippen molar-refractivity contribution in [2.45, 2.75) is 26.5 Å². The number of ether oxygens (including phenoxy) is 4. The Morgan fingerprint density at radius 1 is 1.14 bits per heavy atom. The largest absolute Gasteiger partial charge is 0.493 e. The molecule has 1 atom stereocenters. The van der Waals surface area contributed by atoms with E-state index in [1.807, 2.05) is 0 Å². The lowest BCUT2D eigenvalue weighted by molar-refractivity contribution is -0.139. The lowest BCUT2D eigenvalue weighted by Crippen LogP contribution is -2.40. The number of rotatable bonds is 8. The zero-order valence-corrected chi connectivity index (χ0v) is 21.3. The van der Waals surface area contributed by atoms with E-state index < -0.39 is 24.2 Å². The number of hydrogen-bond acceptors (Lipinski definition) is 8. The molecular weight excluding hydrogens is 506 g/mol. The molecule has 1 aromatic heterocycles. The summed E-state index contributed by atoms with van der Waals surface area (Å²) in [6.07, 6.45) is 1.47. The topological polar surface area (TPSA) is 88.4 Å². The Hall–Kier alpha value is -3.99. The molecular formula is C26H24F2N2O6S. The molecule has 1 aliphatic rings. The van der Waals surface area contributed by atoms with E-state index in [1.165, 1.54) is 30.9 Å². The van der Waals surface area contributed by atoms with Gasteiger partial charge in [-0.15, -0.1) is 0 Å². The summed E-state index contributed by atoms with van der Waals surface area (Å²) in [5.74, 6) is 0.224. The second-order valence-corrected chi connectivity index (χ2v) is 8.84. The first-order valence-electron chi connectivity index (χ1n) is 11.2. The minimum atomic E-state index is -3.02. The van der Waals surface area contributed by atoms with E-state index in [0.29, 0.717) is 33.1 Å². The summed E-state index contributed by atoms with van der Waals surface area (Å²) in [7, 11) is 2.99. The van der Waals surface area contributed by atoms with Crippen molar-refractivity contribution in [1.29, 1.82) is 0 Å². The zero-order chi connectivity index (χ0) is 26.7. The quantitative estimate of drug-likeness (QED) is 0.415. The van der Waals surface area contributed by atoms with Gasteiger partial charge >= 0.3 is 12.6 Å². The van der Waals surface area contributed by atoms with Crippen molar-refractivity contribution in [3.63, 3.8) is 0 Å². The number of aromatic nitrogens is 1. The van der Waals surface area contributed by atoms with Crippen molar-refractivity contribution >= 4 is 23.4 Å². The van der Waals surface area contributed by atoms with Gasteiger partial charge in [0.15, 0.2) is 16.3 Å². The SMILES string of the molecule is CCOC(=O)C1=C(C)N=c2s/c(=C/c3ccccc3OC(F)F)c(=O)n2[C@H]1c1ccc(OC)c(OC)c1. The van der Waals surface area contributed by atoms with Crippen LogP contribution >= 0.6 is 11.3 Å². The minimum Gasteiger partial charge on any atom is -0.493 e. The number of methoxy groups -OCH3 is 2. The van der Waals surface area contributed by atoms with Crippen LogP contribution in [0.15, 0.2) is 63.5 Å². The lowest BCUT2D eigenvalue weighted by Gasteiger charge is -2.25. The van der Waals surface area contributed by atoms with Crippen LogP contribution < -0.4 is 29.1 Å². The highest BCUT2D eigenvalue weighted by Gasteiger charge is 2.34. The van der Waals surface area contributed by atoms with Gasteiger partial charge in [-0.1, -0.05) is 35.6 Å². The van der Waals surface area contributed by atoms with E-state index in [4.69, 9.17) is 14.2 Å². The molecule has 0 spiro atoms. The molecule has 0 saturated heterocycles. The normalized spacial score (nSPS) is 15.3. The van der Waals surface area contributed by atoms with Crippen molar-refractivity contribution < 1.29 is 32.5 Å². The maximum absolute atomic E-state index is 13.7. The highest BCUT2D eigenvalue weighted by atomic mass is 32.1. The summed E-state index contributed by atoms with van der Waals surface area (Å²) in [4.78, 5) is 31.6. The molecule has 0 saturated carbocycles. The molecule has 0 unspecified atom stereocenters. The molecule has 0 fully saturated rings. The van der Waals surface area contributed by atoms with Gasteiger partial charge in [0.25, 0.3) is 5.56 Å². The first kappa shape index (κ1) is 26.1. The first-order valence-corrected chi connectivity index (χ1v) is 12.1. The molecule has 37 heavy (non-hydrogen) atoms. The van der Waals surface area contributed by atoms with Gasteiger partial charge in [0.05, 0.1) is 42.7 Å². The molecule has 0 N–H and O–H groups in total. The maximum Gasteiger partial charge on any atom is 0.387 e. The Labute approximate surface area is 214 Å². The van der Waals surface area contributed by atoms with Crippen LogP contribution in [-0.4, -0.2) is 38.0 Å². The van der Waals surface area contributed by atoms with E-state index in [9.17, 15) is 18.4 Å². The van der Waals surface area contributed by atoms with Crippen LogP contribution in [0.1, 0.15) is 31.0 Å². The third-order valence-corrected chi connectivity index (χ3v) is 6.64. The molecule has 0 amide bonds. The highest BCUT2D eigenvalue weighted by Crippen LogP contribution is 2.36. The van der Waals surface area contributed by atoms with Gasteiger partial charge in [-0.05, 0) is 43.7 Å². The van der Waals surface area contributed by atoms with Crippen LogP contribution in [-0.2, 0) is 9.53 Å². The van der Waals surface area contributed by atoms with E-state index in [1.54, 1.807) is 50.2 Å². The van der Waals surface area contributed by atoms with Gasteiger partial charge in [-0.2, -0.15) is 8.78 Å². The van der Waals surface area contributed by atoms with Crippen LogP contribution in [0.2, 0.25) is 0 Å². The smallest absolute Gasteiger partial charge is 0.387 e. The number of thiazole rings is 1. The molecule has 8 nitrogen and oxygen atoms in total. The predicted octanol–water partition coefficient (Wildman–Crippen LogP) is 3.42. The minimum absolute atomic E-state index is 0.0665. The standard InChI is InChI=1S/C26H24F2N2O6S/c1-5-35-24(32)21-14(2)29-26-30(22(21)16-10-11-18(33-3)19(12-16)34-4)23(31)20(37-26)13-15-8-6-7-9-17(15)36-25(27)28/h6-13,22,25H,5H2,1-4H3/b20-13+/t22-/m0/s1. The maximum atomic E-state index is 13.7. The Bertz CT molecular complexity index is 1540. The number of halogens is 2. The fourth-order valence-electron chi connectivity index (χ4n) is 4.07. The van der Waals surface area contributed by atoms with Crippen molar-refractivity contribution in [3.8, 4) is 17.2 Å². The Morgan fingerprint density at radius 2 is 1.86 bits per heavy atom. The van der Waals surface area contributed by atoms with Crippen LogP contribution in [0.5, 0.6) is 17.2 Å². The molecule has 2 heterocycles. The second-order valence-electron chi connectivity index (χ2n) is 7.83. The van der Waals surface area contributed by atoms with Crippen molar-refractivity contribution in [2.24, 2.45) is 4.99 Å². The molecule has 2 aromatic carbocycles. The molecule has 11 heteroatoms. The fraction of sp³-hybridized carbons (Fsp3) is 0.269. The van der Waals surface area contributed by atoms with Gasteiger partial charge in [0.2, 0.25) is 0 Å². The number of carbonyl (C=O) groups is 1. The molecule has 0 radical (unpaired) electrons. The third kappa shape index (κ3) is 5.12. The number of allylic oxidation sites excluding steroid dienone is 1. The molecule has 0 aliphatic carbocycles. The zero-order valence-electron chi connectivity index (χ0n) is 20.5. The average Bonchev–Trinajstić information content (AvgIpc) is 3.17. The van der Waals surface area contributed by atoms with Gasteiger partial charge in [0, 0.05) is 5.56 Å². The number of benzene rings is 2. The molecule has 194 valence electrons. The average molecular weight is 531 g/mol. The fourth-order valence-corrected chi connectivity index (χ4v) is 5.11. The van der Waals surface area contributed by atoms with E-state index in [0.717, 1.165) is 11.3 Å². The number of fused-ring (bicyclic) bond motifs is 1. The van der Waals surface area contributed by atoms with E-state index in [2.05, 4.69) is 9.73 Å². The van der Waals surface area contributed by atoms with E-state index in [-0.39, 0.29) is 22.5 Å². The van der Waals surface area contributed by atoms with Gasteiger partial charge in [-0.3, -0.25) is 9.36 Å². The lowest BCUT2D eigenvalue weighted by atomic mass is 9.95. The number of esters is 1. The van der Waals surface area contributed by atoms with Crippen molar-refractivity contribution in [2.75, 3.05) is 20.8 Å². The number of carbonyl (C=O) groups excluding carboxylic acids is 1. The van der Waals surface area contributed by atoms with Gasteiger partial charge < -0.3 is 18.9 Å². The Balaban J connectivity index is 1.96. The van der Waals surface area contributed by atoms with Gasteiger partial charge in [-0.25, -0.2) is 9.79 Å². The van der Waals surface area contributed by atoms with Crippen LogP contribution in [0.25, 0.3) is 6.08 Å². The number of alkyl halides is 2. The molecule has 1 aliphatic heterocycles. The Morgan fingerprint density at radius 3 is 2.54 bits per heavy atom. The Kier molecular flexibility index (Phi) is 7.72. The molecule has 4 rings (SSSR count). The highest BCUT2D eigenvalue weighted by molar-refractivity contribution is 7.07. The van der Waals surface area contributed by atoms with Crippen LogP contribution in [0.4, 0.5) is 8.78 Å². The summed E-state index contributed by atoms with van der Waals surface area (Å²) in [6.45, 7) is 0.478. The van der Waals surface area contributed by atoms with Crippen LogP contribution in [0, 0.1) is 0 Å². The molecule has 3 aromatic rings. The first-order chi connectivity index (χ1) is 17.8. The summed E-state index contributed by atoms with van der Waals surface area (Å²) in [5, 5.41) is 0. The monoisotopic (exact) mass is 530 g/mol. The summed E-state index contributed by atoms with van der Waals surface area (Å²) < 4.78 is 48.1. The number of para-hydroxylation sites is 1. The number of hydrogen-bond donors (Lipinski definition) is 0. The summed E-state index contributed by atoms with van der Waals surface area (Å²) >= 11 is 1.07. The van der Waals surface area contributed by atoms with Gasteiger partial charge in [0.1, 0.15) is 5.75 Å². The second kappa shape index (κ2) is 11.0. The summed E-state index contributed by atoms with van der Waals surface area (Å²) in [6, 6.07) is 10.4. The third-order valence-electron chi connectivity index (χ3n) is 5.66. The van der Waals surface area contributed by atoms with Crippen molar-refractivity contribution in [1.82, 2.24) is 4.57 Å². The predicted molar refractivity (Wildman–Crippen MR) is 133 cm³/mol. The molecule has 0 bridgehead atoms. The van der Waals surface area contributed by atoms with Crippen molar-refractivity contribution in [3.05, 3.63) is 84.5 Å².